The maximum absolute atomic E-state index is 14.6. The van der Waals surface area contributed by atoms with E-state index in [1.54, 1.807) is 25.1 Å². The Morgan fingerprint density at radius 1 is 1.17 bits per heavy atom. The Morgan fingerprint density at radius 2 is 1.83 bits per heavy atom. The predicted molar refractivity (Wildman–Crippen MR) is 128 cm³/mol. The van der Waals surface area contributed by atoms with Crippen LogP contribution in [0.2, 0.25) is 0 Å². The largest absolute Gasteiger partial charge is 0.481 e. The number of hydrogen-bond acceptors (Lipinski definition) is 5. The second kappa shape index (κ2) is 10.7. The Bertz CT molecular complexity index is 1210. The molecule has 0 fully saturated rings. The number of rotatable bonds is 10. The van der Waals surface area contributed by atoms with E-state index in [4.69, 9.17) is 4.74 Å². The summed E-state index contributed by atoms with van der Waals surface area (Å²) in [5.74, 6) is -2.36. The molecular weight excluding hydrogens is 453 g/mol. The van der Waals surface area contributed by atoms with Gasteiger partial charge in [0, 0.05) is 6.07 Å². The summed E-state index contributed by atoms with van der Waals surface area (Å²) in [7, 11) is 0. The Morgan fingerprint density at radius 3 is 2.46 bits per heavy atom. The van der Waals surface area contributed by atoms with Gasteiger partial charge in [0.1, 0.15) is 18.1 Å². The van der Waals surface area contributed by atoms with Crippen LogP contribution >= 0.6 is 0 Å². The molecule has 0 spiro atoms. The fourth-order valence-corrected chi connectivity index (χ4v) is 3.38. The molecule has 0 saturated carbocycles. The molecule has 1 amide bonds. The molecule has 8 nitrogen and oxygen atoms in total. The third-order valence-corrected chi connectivity index (χ3v) is 5.99. The number of amides is 1. The van der Waals surface area contributed by atoms with E-state index >= 15 is 0 Å². The third kappa shape index (κ3) is 6.24. The first-order chi connectivity index (χ1) is 16.5. The minimum Gasteiger partial charge on any atom is -0.481 e. The monoisotopic (exact) mass is 483 g/mol. The van der Waals surface area contributed by atoms with E-state index < -0.39 is 29.3 Å². The van der Waals surface area contributed by atoms with E-state index in [0.29, 0.717) is 5.56 Å². The van der Waals surface area contributed by atoms with Crippen molar-refractivity contribution in [2.75, 3.05) is 6.61 Å². The number of aromatic nitrogens is 2. The summed E-state index contributed by atoms with van der Waals surface area (Å²) < 4.78 is 21.5. The highest BCUT2D eigenvalue weighted by atomic mass is 19.1. The number of carbonyl (C=O) groups excluding carboxylic acids is 1. The quantitative estimate of drug-likeness (QED) is 0.401. The molecule has 3 N–H and O–H groups in total. The molecule has 0 aliphatic rings. The number of aryl methyl sites for hydroxylation is 1. The summed E-state index contributed by atoms with van der Waals surface area (Å²) in [6, 6.07) is 13.6. The molecule has 0 bridgehead atoms. The SMILES string of the molecule is Cc1ccccc1C(CC(=O)O)NC(=O)c1cc(OC[C@@](C)(O)C(C)C)n(-c2ccccc2F)n1. The fourth-order valence-electron chi connectivity index (χ4n) is 3.38. The Kier molecular flexibility index (Phi) is 7.91. The number of aliphatic carboxylic acids is 1. The lowest BCUT2D eigenvalue weighted by atomic mass is 9.94. The van der Waals surface area contributed by atoms with Gasteiger partial charge < -0.3 is 20.3 Å². The first-order valence-electron chi connectivity index (χ1n) is 11.3. The van der Waals surface area contributed by atoms with E-state index in [9.17, 15) is 24.2 Å². The van der Waals surface area contributed by atoms with Crippen molar-refractivity contribution in [3.8, 4) is 11.6 Å². The number of para-hydroxylation sites is 1. The summed E-state index contributed by atoms with van der Waals surface area (Å²) in [6.45, 7) is 7.01. The summed E-state index contributed by atoms with van der Waals surface area (Å²) in [6.07, 6.45) is -0.328. The number of carbonyl (C=O) groups is 2. The van der Waals surface area contributed by atoms with Crippen LogP contribution in [0.1, 0.15) is 54.8 Å². The minimum absolute atomic E-state index is 0.0618. The van der Waals surface area contributed by atoms with Crippen molar-refractivity contribution < 1.29 is 28.9 Å². The summed E-state index contributed by atoms with van der Waals surface area (Å²) in [5.41, 5.74) is 0.296. The van der Waals surface area contributed by atoms with Crippen LogP contribution in [0.5, 0.6) is 5.88 Å². The van der Waals surface area contributed by atoms with Crippen LogP contribution in [0.15, 0.2) is 54.6 Å². The summed E-state index contributed by atoms with van der Waals surface area (Å²) in [4.78, 5) is 24.6. The van der Waals surface area contributed by atoms with Gasteiger partial charge in [-0.3, -0.25) is 9.59 Å². The van der Waals surface area contributed by atoms with Crippen molar-refractivity contribution in [3.05, 3.63) is 77.2 Å². The highest BCUT2D eigenvalue weighted by molar-refractivity contribution is 5.93. The molecule has 0 saturated heterocycles. The molecule has 3 rings (SSSR count). The van der Waals surface area contributed by atoms with E-state index in [2.05, 4.69) is 10.4 Å². The molecule has 2 atom stereocenters. The van der Waals surface area contributed by atoms with Gasteiger partial charge in [0.2, 0.25) is 5.88 Å². The highest BCUT2D eigenvalue weighted by Gasteiger charge is 2.28. The molecule has 0 radical (unpaired) electrons. The minimum atomic E-state index is -1.18. The molecule has 9 heteroatoms. The average Bonchev–Trinajstić information content (AvgIpc) is 3.22. The van der Waals surface area contributed by atoms with Crippen LogP contribution in [-0.2, 0) is 4.79 Å². The standard InChI is InChI=1S/C26H30FN3O5/c1-16(2)26(4,34)15-35-23-13-21(29-30(23)22-12-8-7-11-19(22)27)25(33)28-20(14-24(31)32)18-10-6-5-9-17(18)3/h5-13,16,20,34H,14-15H2,1-4H3,(H,28,33)(H,31,32)/t20?,26-/m1/s1. The van der Waals surface area contributed by atoms with Gasteiger partial charge in [0.05, 0.1) is 18.1 Å². The molecule has 1 heterocycles. The van der Waals surface area contributed by atoms with Crippen molar-refractivity contribution in [3.63, 3.8) is 0 Å². The van der Waals surface area contributed by atoms with E-state index in [1.807, 2.05) is 32.9 Å². The summed E-state index contributed by atoms with van der Waals surface area (Å²) >= 11 is 0. The average molecular weight is 484 g/mol. The molecule has 1 unspecified atom stereocenters. The maximum atomic E-state index is 14.6. The van der Waals surface area contributed by atoms with Gasteiger partial charge >= 0.3 is 5.97 Å². The summed E-state index contributed by atoms with van der Waals surface area (Å²) in [5, 5.41) is 26.9. The van der Waals surface area contributed by atoms with Gasteiger partial charge in [-0.25, -0.2) is 4.39 Å². The van der Waals surface area contributed by atoms with E-state index in [1.165, 1.54) is 24.3 Å². The lowest BCUT2D eigenvalue weighted by molar-refractivity contribution is -0.137. The number of hydrogen-bond donors (Lipinski definition) is 3. The number of carboxylic acid groups (broad SMARTS) is 1. The van der Waals surface area contributed by atoms with Gasteiger partial charge in [0.15, 0.2) is 5.69 Å². The van der Waals surface area contributed by atoms with Crippen LogP contribution in [-0.4, -0.2) is 44.1 Å². The fraction of sp³-hybridized carbons (Fsp3) is 0.346. The molecule has 0 aliphatic carbocycles. The van der Waals surface area contributed by atoms with Crippen molar-refractivity contribution in [1.29, 1.82) is 0 Å². The zero-order chi connectivity index (χ0) is 25.8. The van der Waals surface area contributed by atoms with Crippen LogP contribution in [0.4, 0.5) is 4.39 Å². The number of ether oxygens (including phenoxy) is 1. The zero-order valence-electron chi connectivity index (χ0n) is 20.2. The molecule has 0 aliphatic heterocycles. The van der Waals surface area contributed by atoms with E-state index in [0.717, 1.165) is 10.2 Å². The van der Waals surface area contributed by atoms with Crippen molar-refractivity contribution >= 4 is 11.9 Å². The van der Waals surface area contributed by atoms with Crippen LogP contribution < -0.4 is 10.1 Å². The number of carboxylic acids is 1. The lowest BCUT2D eigenvalue weighted by Crippen LogP contribution is -2.38. The Balaban J connectivity index is 1.96. The molecule has 3 aromatic rings. The smallest absolute Gasteiger partial charge is 0.305 e. The van der Waals surface area contributed by atoms with Gasteiger partial charge in [0.25, 0.3) is 5.91 Å². The number of aliphatic hydroxyl groups is 1. The number of halogens is 1. The Labute approximate surface area is 203 Å². The second-order valence-electron chi connectivity index (χ2n) is 9.01. The molecule has 186 valence electrons. The first kappa shape index (κ1) is 25.9. The predicted octanol–water partition coefficient (Wildman–Crippen LogP) is 4.05. The van der Waals surface area contributed by atoms with Crippen LogP contribution in [0.25, 0.3) is 5.69 Å². The van der Waals surface area contributed by atoms with Crippen molar-refractivity contribution in [1.82, 2.24) is 15.1 Å². The van der Waals surface area contributed by atoms with E-state index in [-0.39, 0.29) is 36.2 Å². The third-order valence-electron chi connectivity index (χ3n) is 5.99. The maximum Gasteiger partial charge on any atom is 0.305 e. The zero-order valence-corrected chi connectivity index (χ0v) is 20.2. The highest BCUT2D eigenvalue weighted by Crippen LogP contribution is 2.26. The lowest BCUT2D eigenvalue weighted by Gasteiger charge is -2.27. The first-order valence-corrected chi connectivity index (χ1v) is 11.3. The molecule has 2 aromatic carbocycles. The van der Waals surface area contributed by atoms with Gasteiger partial charge in [-0.2, -0.15) is 9.78 Å². The molecular formula is C26H30FN3O5. The Hall–Kier alpha value is -3.72. The number of benzene rings is 2. The number of nitrogens with one attached hydrogen (secondary N) is 1. The molecule has 35 heavy (non-hydrogen) atoms. The van der Waals surface area contributed by atoms with Crippen LogP contribution in [0.3, 0.4) is 0 Å². The molecule has 1 aromatic heterocycles. The normalized spacial score (nSPS) is 13.8. The second-order valence-corrected chi connectivity index (χ2v) is 9.01. The van der Waals surface area contributed by atoms with Gasteiger partial charge in [-0.05, 0) is 43.0 Å². The van der Waals surface area contributed by atoms with Gasteiger partial charge in [-0.1, -0.05) is 50.2 Å². The van der Waals surface area contributed by atoms with Crippen molar-refractivity contribution in [2.24, 2.45) is 5.92 Å². The van der Waals surface area contributed by atoms with Crippen molar-refractivity contribution in [2.45, 2.75) is 45.8 Å². The van der Waals surface area contributed by atoms with Gasteiger partial charge in [-0.15, -0.1) is 0 Å². The van der Waals surface area contributed by atoms with Crippen LogP contribution in [0, 0.1) is 18.7 Å². The topological polar surface area (TPSA) is 114 Å². The number of nitrogens with zero attached hydrogens (tertiary/aromatic N) is 2.